The van der Waals surface area contributed by atoms with E-state index in [-0.39, 0.29) is 16.9 Å². The highest BCUT2D eigenvalue weighted by Gasteiger charge is 2.16. The Labute approximate surface area is 87.9 Å². The Hall–Kier alpha value is -1.62. The minimum Gasteiger partial charge on any atom is -0.397 e. The molecule has 4 N–H and O–H groups in total. The fraction of sp³-hybridized carbons (Fsp3) is 0.200. The van der Waals surface area contributed by atoms with Crippen LogP contribution >= 0.6 is 0 Å². The second-order valence-electron chi connectivity index (χ2n) is 2.87. The van der Waals surface area contributed by atoms with E-state index in [1.54, 1.807) is 0 Å². The molecular weight excluding hydrogens is 200 g/mol. The van der Waals surface area contributed by atoms with Crippen LogP contribution in [-0.2, 0) is 0 Å². The molecule has 0 spiro atoms. The van der Waals surface area contributed by atoms with Gasteiger partial charge in [-0.05, 0) is 18.6 Å². The van der Waals surface area contributed by atoms with Crippen LogP contribution in [-0.4, -0.2) is 7.05 Å². The zero-order valence-electron chi connectivity index (χ0n) is 8.85. The van der Waals surface area contributed by atoms with Crippen molar-refractivity contribution in [3.8, 4) is 0 Å². The molecule has 0 aromatic heterocycles. The topological polar surface area (TPSA) is 55.3 Å². The van der Waals surface area contributed by atoms with Crippen LogP contribution in [0.15, 0.2) is 19.2 Å². The largest absolute Gasteiger partial charge is 0.397 e. The van der Waals surface area contributed by atoms with Gasteiger partial charge in [-0.15, -0.1) is 13.2 Å². The van der Waals surface area contributed by atoms with E-state index in [1.165, 1.54) is 20.0 Å². The number of hydrogen-bond acceptors (Lipinski definition) is 3. The fourth-order valence-electron chi connectivity index (χ4n) is 1.13. The van der Waals surface area contributed by atoms with E-state index >= 15 is 0 Å². The zero-order chi connectivity index (χ0) is 12.2. The lowest BCUT2D eigenvalue weighted by molar-refractivity contribution is 0.503. The maximum atomic E-state index is 13.2. The van der Waals surface area contributed by atoms with Gasteiger partial charge < -0.3 is 10.7 Å². The van der Waals surface area contributed by atoms with E-state index < -0.39 is 11.6 Å². The standard InChI is InChI=1S/C8H11F2N3.C2H4/c1-4-3-5(11)8(13(2)12)7(10)6(4)9;1-2/h3H,11-12H2,1-2H3;1-2H2. The van der Waals surface area contributed by atoms with Crippen LogP contribution in [0.3, 0.4) is 0 Å². The Bertz CT molecular complexity index is 351. The molecule has 0 saturated carbocycles. The van der Waals surface area contributed by atoms with Crippen molar-refractivity contribution in [2.45, 2.75) is 6.92 Å². The Morgan fingerprint density at radius 2 is 1.73 bits per heavy atom. The number of halogens is 2. The molecule has 1 aromatic rings. The van der Waals surface area contributed by atoms with Crippen molar-refractivity contribution in [1.82, 2.24) is 0 Å². The van der Waals surface area contributed by atoms with E-state index in [0.29, 0.717) is 0 Å². The Kier molecular flexibility index (Phi) is 4.73. The molecule has 0 unspecified atom stereocenters. The van der Waals surface area contributed by atoms with Crippen molar-refractivity contribution in [1.29, 1.82) is 0 Å². The van der Waals surface area contributed by atoms with Gasteiger partial charge in [-0.2, -0.15) is 0 Å². The van der Waals surface area contributed by atoms with Crippen LogP contribution in [0.4, 0.5) is 20.2 Å². The molecule has 1 aromatic carbocycles. The Morgan fingerprint density at radius 1 is 1.27 bits per heavy atom. The number of nitrogens with two attached hydrogens (primary N) is 2. The predicted octanol–water partition coefficient (Wildman–Crippen LogP) is 1.97. The third-order valence-electron chi connectivity index (χ3n) is 1.74. The summed E-state index contributed by atoms with van der Waals surface area (Å²) >= 11 is 0. The Balaban J connectivity index is 0.000000921. The fourth-order valence-corrected chi connectivity index (χ4v) is 1.13. The Morgan fingerprint density at radius 3 is 2.13 bits per heavy atom. The average molecular weight is 215 g/mol. The minimum atomic E-state index is -1.01. The first-order valence-corrected chi connectivity index (χ1v) is 4.17. The first kappa shape index (κ1) is 13.4. The van der Waals surface area contributed by atoms with Crippen molar-refractivity contribution in [2.75, 3.05) is 17.8 Å². The van der Waals surface area contributed by atoms with Gasteiger partial charge in [0.15, 0.2) is 11.6 Å². The molecule has 3 nitrogen and oxygen atoms in total. The molecule has 1 rings (SSSR count). The lowest BCUT2D eigenvalue weighted by atomic mass is 10.1. The van der Waals surface area contributed by atoms with Crippen molar-refractivity contribution < 1.29 is 8.78 Å². The quantitative estimate of drug-likeness (QED) is 0.326. The molecule has 5 heteroatoms. The van der Waals surface area contributed by atoms with Crippen LogP contribution in [0.2, 0.25) is 0 Å². The second-order valence-corrected chi connectivity index (χ2v) is 2.87. The van der Waals surface area contributed by atoms with Gasteiger partial charge in [-0.3, -0.25) is 0 Å². The van der Waals surface area contributed by atoms with Crippen molar-refractivity contribution in [3.05, 3.63) is 36.4 Å². The summed E-state index contributed by atoms with van der Waals surface area (Å²) in [5.41, 5.74) is 5.64. The maximum absolute atomic E-state index is 13.2. The van der Waals surface area contributed by atoms with Crippen molar-refractivity contribution in [3.63, 3.8) is 0 Å². The highest BCUT2D eigenvalue weighted by molar-refractivity contribution is 5.68. The van der Waals surface area contributed by atoms with Crippen LogP contribution in [0.5, 0.6) is 0 Å². The normalized spacial score (nSPS) is 9.13. The third-order valence-corrected chi connectivity index (χ3v) is 1.74. The van der Waals surface area contributed by atoms with Gasteiger partial charge in [0, 0.05) is 7.05 Å². The van der Waals surface area contributed by atoms with Gasteiger partial charge >= 0.3 is 0 Å². The van der Waals surface area contributed by atoms with Crippen LogP contribution in [0.25, 0.3) is 0 Å². The lowest BCUT2D eigenvalue weighted by Gasteiger charge is -2.16. The molecular formula is C10H15F2N3. The molecule has 0 amide bonds. The van der Waals surface area contributed by atoms with Crippen LogP contribution in [0, 0.1) is 18.6 Å². The molecule has 0 bridgehead atoms. The summed E-state index contributed by atoms with van der Waals surface area (Å²) in [6.45, 7) is 7.44. The molecule has 0 radical (unpaired) electrons. The van der Waals surface area contributed by atoms with E-state index in [1.807, 2.05) is 0 Å². The predicted molar refractivity (Wildman–Crippen MR) is 59.4 cm³/mol. The molecule has 0 aliphatic rings. The average Bonchev–Trinajstić information content (AvgIpc) is 2.17. The van der Waals surface area contributed by atoms with Gasteiger partial charge in [0.1, 0.15) is 5.69 Å². The number of benzene rings is 1. The summed E-state index contributed by atoms with van der Waals surface area (Å²) in [5.74, 6) is 3.35. The molecule has 0 heterocycles. The number of hydrazine groups is 1. The SMILES string of the molecule is C=C.Cc1cc(N)c(N(C)N)c(F)c1F. The molecule has 0 fully saturated rings. The number of nitrogens with zero attached hydrogens (tertiary/aromatic N) is 1. The summed E-state index contributed by atoms with van der Waals surface area (Å²) in [6, 6.07) is 1.34. The van der Waals surface area contributed by atoms with E-state index in [2.05, 4.69) is 13.2 Å². The van der Waals surface area contributed by atoms with Gasteiger partial charge in [0.05, 0.1) is 5.69 Å². The minimum absolute atomic E-state index is 0.122. The van der Waals surface area contributed by atoms with E-state index in [0.717, 1.165) is 5.01 Å². The number of aryl methyl sites for hydroxylation is 1. The monoisotopic (exact) mass is 215 g/mol. The van der Waals surface area contributed by atoms with Gasteiger partial charge in [-0.1, -0.05) is 0 Å². The van der Waals surface area contributed by atoms with E-state index in [4.69, 9.17) is 11.6 Å². The van der Waals surface area contributed by atoms with Gasteiger partial charge in [0.2, 0.25) is 0 Å². The molecule has 0 aliphatic carbocycles. The number of nitrogen functional groups attached to an aromatic ring is 1. The number of anilines is 2. The van der Waals surface area contributed by atoms with Gasteiger partial charge in [0.25, 0.3) is 0 Å². The highest BCUT2D eigenvalue weighted by atomic mass is 19.2. The highest BCUT2D eigenvalue weighted by Crippen LogP contribution is 2.28. The summed E-state index contributed by atoms with van der Waals surface area (Å²) < 4.78 is 26.2. The molecule has 0 atom stereocenters. The summed E-state index contributed by atoms with van der Waals surface area (Å²) in [6.07, 6.45) is 0. The van der Waals surface area contributed by atoms with Crippen LogP contribution in [0.1, 0.15) is 5.56 Å². The van der Waals surface area contributed by atoms with Crippen molar-refractivity contribution >= 4 is 11.4 Å². The molecule has 84 valence electrons. The smallest absolute Gasteiger partial charge is 0.185 e. The molecule has 0 saturated heterocycles. The molecule has 0 aliphatic heterocycles. The summed E-state index contributed by atoms with van der Waals surface area (Å²) in [7, 11) is 1.39. The number of hydrogen-bond donors (Lipinski definition) is 2. The first-order valence-electron chi connectivity index (χ1n) is 4.17. The molecule has 15 heavy (non-hydrogen) atoms. The van der Waals surface area contributed by atoms with Crippen molar-refractivity contribution in [2.24, 2.45) is 5.84 Å². The maximum Gasteiger partial charge on any atom is 0.185 e. The third kappa shape index (κ3) is 2.66. The van der Waals surface area contributed by atoms with Crippen LogP contribution < -0.4 is 16.6 Å². The van der Waals surface area contributed by atoms with Gasteiger partial charge in [-0.25, -0.2) is 14.6 Å². The summed E-state index contributed by atoms with van der Waals surface area (Å²) in [5, 5.41) is 0.952. The second kappa shape index (κ2) is 5.31. The zero-order valence-corrected chi connectivity index (χ0v) is 8.85. The summed E-state index contributed by atoms with van der Waals surface area (Å²) in [4.78, 5) is 0. The number of rotatable bonds is 1. The van der Waals surface area contributed by atoms with E-state index in [9.17, 15) is 8.78 Å². The lowest BCUT2D eigenvalue weighted by Crippen LogP contribution is -2.27. The first-order chi connectivity index (χ1) is 6.95.